The zero-order valence-corrected chi connectivity index (χ0v) is 34.5. The van der Waals surface area contributed by atoms with E-state index in [-0.39, 0.29) is 22.2 Å². The summed E-state index contributed by atoms with van der Waals surface area (Å²) < 4.78 is 30.4. The number of rotatable bonds is 8. The Kier molecular flexibility index (Phi) is 8.65. The van der Waals surface area contributed by atoms with E-state index in [4.69, 9.17) is 0 Å². The van der Waals surface area contributed by atoms with Crippen LogP contribution in [0.2, 0.25) is 0 Å². The van der Waals surface area contributed by atoms with Gasteiger partial charge in [0.25, 0.3) is 0 Å². The summed E-state index contributed by atoms with van der Waals surface area (Å²) in [4.78, 5) is 27.6. The average Bonchev–Trinajstić information content (AvgIpc) is 4.21. The SMILES string of the molecule is O=C(c1ncc(F)cc1N1CC[C@@]2(C[C@@H](O)c3cc(-c4ccccc4C4CC4)ccc32)C1)c1ncc(F)cc1N1CC[C@@]2(C[C@@H](O)c3cc(-c4ccccc4C4CC4)ccc32)C1. The lowest BCUT2D eigenvalue weighted by Gasteiger charge is -2.28. The minimum absolute atomic E-state index is 0.0594. The van der Waals surface area contributed by atoms with Crippen LogP contribution in [0.5, 0.6) is 0 Å². The van der Waals surface area contributed by atoms with E-state index in [1.807, 2.05) is 9.80 Å². The number of pyridine rings is 2. The molecule has 4 aliphatic carbocycles. The number of nitrogens with zero attached hydrogens (tertiary/aromatic N) is 4. The largest absolute Gasteiger partial charge is 0.388 e. The van der Waals surface area contributed by atoms with Crippen molar-refractivity contribution in [2.24, 2.45) is 0 Å². The highest BCUT2D eigenvalue weighted by Gasteiger charge is 2.50. The summed E-state index contributed by atoms with van der Waals surface area (Å²) in [5, 5.41) is 23.1. The van der Waals surface area contributed by atoms with Crippen LogP contribution < -0.4 is 9.80 Å². The lowest BCUT2D eigenvalue weighted by Crippen LogP contribution is -2.31. The summed E-state index contributed by atoms with van der Waals surface area (Å²) in [6, 6.07) is 32.8. The molecule has 0 radical (unpaired) electrons. The highest BCUT2D eigenvalue weighted by Crippen LogP contribution is 2.55. The van der Waals surface area contributed by atoms with E-state index in [9.17, 15) is 15.0 Å². The van der Waals surface area contributed by atoms with E-state index in [1.165, 1.54) is 60.1 Å². The van der Waals surface area contributed by atoms with Crippen LogP contribution in [0, 0.1) is 11.6 Å². The zero-order chi connectivity index (χ0) is 41.9. The fourth-order valence-corrected chi connectivity index (χ4v) is 11.9. The number of anilines is 2. The molecule has 0 unspecified atom stereocenters. The van der Waals surface area contributed by atoms with Crippen LogP contribution in [0.4, 0.5) is 20.2 Å². The van der Waals surface area contributed by atoms with Gasteiger partial charge in [0, 0.05) is 49.1 Å². The monoisotopic (exact) mass is 826 g/mol. The highest BCUT2D eigenvalue weighted by molar-refractivity contribution is 6.13. The van der Waals surface area contributed by atoms with E-state index in [0.29, 0.717) is 62.2 Å². The Labute approximate surface area is 360 Å². The zero-order valence-electron chi connectivity index (χ0n) is 34.5. The molecule has 4 aromatic carbocycles. The maximum Gasteiger partial charge on any atom is 0.233 e. The third kappa shape index (κ3) is 6.14. The van der Waals surface area contributed by atoms with Crippen molar-refractivity contribution in [3.8, 4) is 22.3 Å². The Morgan fingerprint density at radius 3 is 1.45 bits per heavy atom. The molecule has 6 aromatic rings. The number of carbonyl (C=O) groups excluding carboxylic acids is 1. The number of aromatic nitrogens is 2. The first kappa shape index (κ1) is 37.9. The minimum atomic E-state index is -0.640. The van der Waals surface area contributed by atoms with Crippen molar-refractivity contribution < 1.29 is 23.8 Å². The maximum absolute atomic E-state index is 15.2. The number of benzene rings is 4. The summed E-state index contributed by atoms with van der Waals surface area (Å²) in [6.45, 7) is 2.04. The average molecular weight is 827 g/mol. The molecule has 4 atom stereocenters. The van der Waals surface area contributed by atoms with Crippen LogP contribution in [0.3, 0.4) is 0 Å². The molecule has 6 aliphatic rings. The predicted molar refractivity (Wildman–Crippen MR) is 236 cm³/mol. The molecular formula is C53H48F2N4O3. The molecule has 2 aliphatic heterocycles. The van der Waals surface area contributed by atoms with Gasteiger partial charge in [0.15, 0.2) is 0 Å². The number of fused-ring (bicyclic) bond motifs is 4. The molecule has 62 heavy (non-hydrogen) atoms. The van der Waals surface area contributed by atoms with Gasteiger partial charge in [-0.1, -0.05) is 72.8 Å². The second-order valence-corrected chi connectivity index (χ2v) is 19.0. The predicted octanol–water partition coefficient (Wildman–Crippen LogP) is 10.2. The van der Waals surface area contributed by atoms with Crippen molar-refractivity contribution in [1.29, 1.82) is 0 Å². The lowest BCUT2D eigenvalue weighted by molar-refractivity contribution is 0.103. The van der Waals surface area contributed by atoms with Crippen molar-refractivity contribution in [2.75, 3.05) is 36.0 Å². The number of hydrogen-bond donors (Lipinski definition) is 2. The summed E-state index contributed by atoms with van der Waals surface area (Å²) in [7, 11) is 0. The number of ketones is 1. The van der Waals surface area contributed by atoms with E-state index in [2.05, 4.69) is 94.9 Å². The topological polar surface area (TPSA) is 89.8 Å². The Morgan fingerprint density at radius 1 is 0.581 bits per heavy atom. The van der Waals surface area contributed by atoms with Crippen LogP contribution in [0.25, 0.3) is 22.3 Å². The van der Waals surface area contributed by atoms with Crippen molar-refractivity contribution in [2.45, 2.75) is 86.2 Å². The molecule has 4 fully saturated rings. The molecule has 9 heteroatoms. The molecule has 12 rings (SSSR count). The van der Waals surface area contributed by atoms with Crippen LogP contribution in [0.15, 0.2) is 109 Å². The number of hydrogen-bond acceptors (Lipinski definition) is 7. The Morgan fingerprint density at radius 2 is 1.02 bits per heavy atom. The molecule has 0 bridgehead atoms. The first-order valence-corrected chi connectivity index (χ1v) is 22.4. The third-order valence-electron chi connectivity index (χ3n) is 15.2. The standard InChI is InChI=1S/C53H48F2N4O3/c54-35-23-45(58-19-17-52(29-58)25-47(60)41-21-33(13-15-43(41)52)39-7-3-1-5-37(39)31-9-10-31)49(56-27-35)51(62)50-46(24-36(55)28-57-50)59-20-18-53(30-59)26-48(61)42-22-34(14-16-44(42)53)40-8-4-2-6-38(40)32-11-12-32/h1-8,13-16,21-24,27-28,31-32,47-48,60-61H,9-12,17-20,25-26,29-30H2/t47-,48-,52-,53-/m1/s1. The molecule has 2 aromatic heterocycles. The second kappa shape index (κ2) is 14.1. The second-order valence-electron chi connectivity index (χ2n) is 19.0. The van der Waals surface area contributed by atoms with Gasteiger partial charge >= 0.3 is 0 Å². The van der Waals surface area contributed by atoms with Gasteiger partial charge in [-0.3, -0.25) is 4.79 Å². The van der Waals surface area contributed by atoms with Crippen LogP contribution >= 0.6 is 0 Å². The number of aliphatic hydroxyl groups excluding tert-OH is 2. The molecule has 4 heterocycles. The fraction of sp³-hybridized carbons (Fsp3) is 0.340. The molecular weight excluding hydrogens is 779 g/mol. The van der Waals surface area contributed by atoms with Crippen LogP contribution in [0.1, 0.15) is 125 Å². The summed E-state index contributed by atoms with van der Waals surface area (Å²) in [5.41, 5.74) is 11.5. The molecule has 2 spiro atoms. The smallest absolute Gasteiger partial charge is 0.233 e. The van der Waals surface area contributed by atoms with Gasteiger partial charge in [-0.2, -0.15) is 0 Å². The van der Waals surface area contributed by atoms with Gasteiger partial charge in [-0.05, 0) is 131 Å². The molecule has 0 amide bonds. The number of halogens is 2. The van der Waals surface area contributed by atoms with Gasteiger partial charge < -0.3 is 20.0 Å². The van der Waals surface area contributed by atoms with Crippen LogP contribution in [-0.4, -0.2) is 52.1 Å². The van der Waals surface area contributed by atoms with Gasteiger partial charge in [0.2, 0.25) is 5.78 Å². The van der Waals surface area contributed by atoms with E-state index in [0.717, 1.165) is 58.6 Å². The molecule has 2 saturated heterocycles. The van der Waals surface area contributed by atoms with Gasteiger partial charge in [-0.15, -0.1) is 0 Å². The maximum atomic E-state index is 15.2. The number of carbonyl (C=O) groups is 1. The first-order valence-electron chi connectivity index (χ1n) is 22.4. The van der Waals surface area contributed by atoms with Crippen molar-refractivity contribution >= 4 is 17.2 Å². The molecule has 2 saturated carbocycles. The first-order chi connectivity index (χ1) is 30.2. The minimum Gasteiger partial charge on any atom is -0.388 e. The van der Waals surface area contributed by atoms with Gasteiger partial charge in [0.05, 0.1) is 36.0 Å². The van der Waals surface area contributed by atoms with E-state index < -0.39 is 29.6 Å². The quantitative estimate of drug-likeness (QED) is 0.148. The normalized spacial score (nSPS) is 25.0. The van der Waals surface area contributed by atoms with E-state index >= 15 is 8.78 Å². The van der Waals surface area contributed by atoms with E-state index in [1.54, 1.807) is 0 Å². The highest BCUT2D eigenvalue weighted by atomic mass is 19.1. The number of aliphatic hydroxyl groups is 2. The van der Waals surface area contributed by atoms with Crippen molar-refractivity contribution in [3.63, 3.8) is 0 Å². The molecule has 2 N–H and O–H groups in total. The van der Waals surface area contributed by atoms with Crippen molar-refractivity contribution in [1.82, 2.24) is 9.97 Å². The summed E-state index contributed by atoms with van der Waals surface area (Å²) in [6.07, 6.45) is 8.16. The fourth-order valence-electron chi connectivity index (χ4n) is 11.9. The Bertz CT molecular complexity index is 2630. The Balaban J connectivity index is 0.830. The van der Waals surface area contributed by atoms with Gasteiger partial charge in [-0.25, -0.2) is 18.7 Å². The van der Waals surface area contributed by atoms with Crippen LogP contribution in [-0.2, 0) is 10.8 Å². The summed E-state index contributed by atoms with van der Waals surface area (Å²) >= 11 is 0. The lowest BCUT2D eigenvalue weighted by atomic mass is 9.80. The van der Waals surface area contributed by atoms with Crippen molar-refractivity contribution in [3.05, 3.63) is 166 Å². The Hall–Kier alpha value is -5.77. The molecule has 312 valence electrons. The summed E-state index contributed by atoms with van der Waals surface area (Å²) in [5.74, 6) is -0.438. The molecule has 7 nitrogen and oxygen atoms in total. The third-order valence-corrected chi connectivity index (χ3v) is 15.2. The van der Waals surface area contributed by atoms with Gasteiger partial charge in [0.1, 0.15) is 23.0 Å².